The van der Waals surface area contributed by atoms with Crippen LogP contribution in [0.25, 0.3) is 0 Å². The first kappa shape index (κ1) is 14.5. The van der Waals surface area contributed by atoms with Crippen molar-refractivity contribution in [1.82, 2.24) is 15.3 Å². The zero-order chi connectivity index (χ0) is 14.2. The predicted molar refractivity (Wildman–Crippen MR) is 81.6 cm³/mol. The van der Waals surface area contributed by atoms with Gasteiger partial charge in [-0.1, -0.05) is 15.9 Å². The smallest absolute Gasteiger partial charge is 0.251 e. The van der Waals surface area contributed by atoms with E-state index in [4.69, 9.17) is 0 Å². The summed E-state index contributed by atoms with van der Waals surface area (Å²) >= 11 is 3.34. The molecule has 0 aliphatic rings. The van der Waals surface area contributed by atoms with Gasteiger partial charge in [0, 0.05) is 35.5 Å². The molecule has 1 amide bonds. The largest absolute Gasteiger partial charge is 0.369 e. The molecule has 0 fully saturated rings. The highest BCUT2D eigenvalue weighted by Crippen LogP contribution is 2.10. The topological polar surface area (TPSA) is 66.9 Å². The number of hydrogen-bond acceptors (Lipinski definition) is 4. The SMILES string of the molecule is O=C(NCCCNc1cnccn1)c1ccc(Br)cc1. The number of amides is 1. The van der Waals surface area contributed by atoms with Crippen LogP contribution in [0.4, 0.5) is 5.82 Å². The Morgan fingerprint density at radius 3 is 2.65 bits per heavy atom. The third-order valence-electron chi connectivity index (χ3n) is 2.61. The van der Waals surface area contributed by atoms with Crippen molar-refractivity contribution in [3.8, 4) is 0 Å². The van der Waals surface area contributed by atoms with Gasteiger partial charge in [0.2, 0.25) is 0 Å². The molecule has 0 unspecified atom stereocenters. The highest BCUT2D eigenvalue weighted by Gasteiger charge is 2.03. The van der Waals surface area contributed by atoms with E-state index in [1.807, 2.05) is 12.1 Å². The first-order valence-corrected chi connectivity index (χ1v) is 7.08. The number of benzene rings is 1. The van der Waals surface area contributed by atoms with Gasteiger partial charge in [-0.3, -0.25) is 9.78 Å². The van der Waals surface area contributed by atoms with Crippen LogP contribution >= 0.6 is 15.9 Å². The number of aromatic nitrogens is 2. The summed E-state index contributed by atoms with van der Waals surface area (Å²) in [5, 5.41) is 6.01. The van der Waals surface area contributed by atoms with Crippen LogP contribution in [0.5, 0.6) is 0 Å². The molecule has 0 saturated carbocycles. The molecule has 1 aromatic heterocycles. The van der Waals surface area contributed by atoms with E-state index in [0.717, 1.165) is 23.3 Å². The predicted octanol–water partition coefficient (Wildman–Crippen LogP) is 2.47. The second-order valence-electron chi connectivity index (χ2n) is 4.13. The number of carbonyl (C=O) groups is 1. The molecule has 0 bridgehead atoms. The van der Waals surface area contributed by atoms with E-state index in [9.17, 15) is 4.79 Å². The zero-order valence-corrected chi connectivity index (χ0v) is 12.4. The summed E-state index contributed by atoms with van der Waals surface area (Å²) in [6.07, 6.45) is 5.75. The third kappa shape index (κ3) is 4.62. The molecule has 5 nitrogen and oxygen atoms in total. The molecular weight excluding hydrogens is 320 g/mol. The van der Waals surface area contributed by atoms with E-state index in [1.165, 1.54) is 0 Å². The van der Waals surface area contributed by atoms with Crippen molar-refractivity contribution in [2.45, 2.75) is 6.42 Å². The number of halogens is 1. The number of nitrogens with one attached hydrogen (secondary N) is 2. The van der Waals surface area contributed by atoms with Gasteiger partial charge in [-0.2, -0.15) is 0 Å². The van der Waals surface area contributed by atoms with E-state index in [-0.39, 0.29) is 5.91 Å². The van der Waals surface area contributed by atoms with Crippen LogP contribution in [-0.4, -0.2) is 29.0 Å². The molecule has 0 radical (unpaired) electrons. The van der Waals surface area contributed by atoms with Gasteiger partial charge >= 0.3 is 0 Å². The Hall–Kier alpha value is -1.95. The van der Waals surface area contributed by atoms with Gasteiger partial charge < -0.3 is 10.6 Å². The second kappa shape index (κ2) is 7.59. The Balaban J connectivity index is 1.66. The van der Waals surface area contributed by atoms with Crippen molar-refractivity contribution in [3.63, 3.8) is 0 Å². The van der Waals surface area contributed by atoms with E-state index >= 15 is 0 Å². The average molecular weight is 335 g/mol. The molecule has 104 valence electrons. The molecule has 2 rings (SSSR count). The molecule has 0 atom stereocenters. The fourth-order valence-corrected chi connectivity index (χ4v) is 1.86. The zero-order valence-electron chi connectivity index (χ0n) is 10.8. The molecular formula is C14H15BrN4O. The highest BCUT2D eigenvalue weighted by molar-refractivity contribution is 9.10. The van der Waals surface area contributed by atoms with Crippen molar-refractivity contribution in [1.29, 1.82) is 0 Å². The van der Waals surface area contributed by atoms with Crippen molar-refractivity contribution >= 4 is 27.7 Å². The van der Waals surface area contributed by atoms with Crippen LogP contribution in [0.15, 0.2) is 47.3 Å². The summed E-state index contributed by atoms with van der Waals surface area (Å²) < 4.78 is 0.960. The number of hydrogen-bond donors (Lipinski definition) is 2. The van der Waals surface area contributed by atoms with Crippen molar-refractivity contribution in [2.75, 3.05) is 18.4 Å². The van der Waals surface area contributed by atoms with Crippen LogP contribution in [0.1, 0.15) is 16.8 Å². The first-order valence-electron chi connectivity index (χ1n) is 6.29. The highest BCUT2D eigenvalue weighted by atomic mass is 79.9. The Bertz CT molecular complexity index is 545. The summed E-state index contributed by atoms with van der Waals surface area (Å²) in [4.78, 5) is 19.9. The summed E-state index contributed by atoms with van der Waals surface area (Å²) in [6.45, 7) is 1.35. The van der Waals surface area contributed by atoms with Gasteiger partial charge in [0.25, 0.3) is 5.91 Å². The van der Waals surface area contributed by atoms with Gasteiger partial charge in [-0.05, 0) is 30.7 Å². The van der Waals surface area contributed by atoms with Gasteiger partial charge in [-0.25, -0.2) is 4.98 Å². The minimum Gasteiger partial charge on any atom is -0.369 e. The van der Waals surface area contributed by atoms with Crippen LogP contribution < -0.4 is 10.6 Å². The van der Waals surface area contributed by atoms with Gasteiger partial charge in [0.1, 0.15) is 5.82 Å². The lowest BCUT2D eigenvalue weighted by Gasteiger charge is -2.06. The van der Waals surface area contributed by atoms with Crippen LogP contribution in [0.2, 0.25) is 0 Å². The molecule has 2 N–H and O–H groups in total. The number of rotatable bonds is 6. The number of carbonyl (C=O) groups excluding carboxylic acids is 1. The molecule has 20 heavy (non-hydrogen) atoms. The van der Waals surface area contributed by atoms with Crippen molar-refractivity contribution in [2.24, 2.45) is 0 Å². The van der Waals surface area contributed by atoms with Crippen LogP contribution in [0.3, 0.4) is 0 Å². The lowest BCUT2D eigenvalue weighted by atomic mass is 10.2. The quantitative estimate of drug-likeness (QED) is 0.796. The molecule has 1 heterocycles. The molecule has 2 aromatic rings. The van der Waals surface area contributed by atoms with Gasteiger partial charge in [-0.15, -0.1) is 0 Å². The third-order valence-corrected chi connectivity index (χ3v) is 3.14. The standard InChI is InChI=1S/C14H15BrN4O/c15-12-4-2-11(3-5-12)14(20)19-7-1-6-17-13-10-16-8-9-18-13/h2-5,8-10H,1,6-7H2,(H,17,18)(H,19,20). The van der Waals surface area contributed by atoms with Gasteiger partial charge in [0.15, 0.2) is 0 Å². The maximum Gasteiger partial charge on any atom is 0.251 e. The Morgan fingerprint density at radius 2 is 1.95 bits per heavy atom. The van der Waals surface area contributed by atoms with E-state index < -0.39 is 0 Å². The summed E-state index contributed by atoms with van der Waals surface area (Å²) in [5.74, 6) is 0.684. The van der Waals surface area contributed by atoms with Gasteiger partial charge in [0.05, 0.1) is 6.20 Å². The maximum absolute atomic E-state index is 11.8. The van der Waals surface area contributed by atoms with Crippen LogP contribution in [0, 0.1) is 0 Å². The van der Waals surface area contributed by atoms with Crippen LogP contribution in [-0.2, 0) is 0 Å². The minimum absolute atomic E-state index is 0.0583. The van der Waals surface area contributed by atoms with E-state index in [1.54, 1.807) is 30.7 Å². The minimum atomic E-state index is -0.0583. The molecule has 1 aromatic carbocycles. The summed E-state index contributed by atoms with van der Waals surface area (Å²) in [5.41, 5.74) is 0.662. The number of anilines is 1. The number of nitrogens with zero attached hydrogens (tertiary/aromatic N) is 2. The Morgan fingerprint density at radius 1 is 1.15 bits per heavy atom. The lowest BCUT2D eigenvalue weighted by molar-refractivity contribution is 0.0953. The molecule has 0 aliphatic carbocycles. The molecule has 0 spiro atoms. The van der Waals surface area contributed by atoms with Crippen molar-refractivity contribution < 1.29 is 4.79 Å². The molecule has 0 saturated heterocycles. The Kier molecular flexibility index (Phi) is 5.49. The summed E-state index contributed by atoms with van der Waals surface area (Å²) in [6, 6.07) is 7.28. The first-order chi connectivity index (χ1) is 9.75. The average Bonchev–Trinajstić information content (AvgIpc) is 2.48. The fourth-order valence-electron chi connectivity index (χ4n) is 1.60. The van der Waals surface area contributed by atoms with Crippen molar-refractivity contribution in [3.05, 3.63) is 52.9 Å². The van der Waals surface area contributed by atoms with E-state index in [0.29, 0.717) is 12.1 Å². The maximum atomic E-state index is 11.8. The monoisotopic (exact) mass is 334 g/mol. The molecule has 0 aliphatic heterocycles. The van der Waals surface area contributed by atoms with E-state index in [2.05, 4.69) is 36.5 Å². The normalized spacial score (nSPS) is 10.1. The fraction of sp³-hybridized carbons (Fsp3) is 0.214. The second-order valence-corrected chi connectivity index (χ2v) is 5.05. The lowest BCUT2D eigenvalue weighted by Crippen LogP contribution is -2.25. The Labute approximate surface area is 126 Å². The molecule has 6 heteroatoms. The summed E-state index contributed by atoms with van der Waals surface area (Å²) in [7, 11) is 0.